The summed E-state index contributed by atoms with van der Waals surface area (Å²) in [4.78, 5) is 16.4. The van der Waals surface area contributed by atoms with Crippen molar-refractivity contribution in [2.45, 2.75) is 51.5 Å². The average molecular weight is 330 g/mol. The first kappa shape index (κ1) is 17.3. The topological polar surface area (TPSA) is 43.8 Å². The maximum Gasteiger partial charge on any atom is 0.219 e. The summed E-state index contributed by atoms with van der Waals surface area (Å²) < 4.78 is 0. The number of piperidine rings is 2. The van der Waals surface area contributed by atoms with Gasteiger partial charge >= 0.3 is 0 Å². The lowest BCUT2D eigenvalue weighted by Crippen LogP contribution is -2.61. The maximum atomic E-state index is 12.0. The number of aromatic hydroxyl groups is 1. The third kappa shape index (κ3) is 2.71. The summed E-state index contributed by atoms with van der Waals surface area (Å²) >= 11 is 0. The highest BCUT2D eigenvalue weighted by Gasteiger charge is 2.51. The zero-order chi connectivity index (χ0) is 17.5. The summed E-state index contributed by atoms with van der Waals surface area (Å²) in [6.45, 7) is 8.86. The van der Waals surface area contributed by atoms with Crippen molar-refractivity contribution in [3.05, 3.63) is 29.3 Å². The van der Waals surface area contributed by atoms with Gasteiger partial charge in [-0.1, -0.05) is 13.0 Å². The van der Waals surface area contributed by atoms with Gasteiger partial charge < -0.3 is 14.9 Å². The number of hydrogen-bond acceptors (Lipinski definition) is 3. The van der Waals surface area contributed by atoms with Crippen molar-refractivity contribution in [2.75, 3.05) is 26.7 Å². The molecule has 4 nitrogen and oxygen atoms in total. The van der Waals surface area contributed by atoms with Crippen LogP contribution in [0.5, 0.6) is 5.75 Å². The van der Waals surface area contributed by atoms with Crippen LogP contribution in [0.25, 0.3) is 0 Å². The van der Waals surface area contributed by atoms with E-state index in [1.165, 1.54) is 11.1 Å². The van der Waals surface area contributed by atoms with Crippen LogP contribution in [0.1, 0.15) is 44.7 Å². The summed E-state index contributed by atoms with van der Waals surface area (Å²) in [5.74, 6) is 0.938. The van der Waals surface area contributed by atoms with Gasteiger partial charge in [0.25, 0.3) is 0 Å². The zero-order valence-corrected chi connectivity index (χ0v) is 15.4. The molecule has 2 aliphatic rings. The summed E-state index contributed by atoms with van der Waals surface area (Å²) in [7, 11) is 2.19. The molecular formula is C20H30N2O2. The number of fused-ring (bicyclic) bond motifs is 1. The molecule has 3 rings (SSSR count). The minimum absolute atomic E-state index is 0.0714. The molecule has 2 heterocycles. The van der Waals surface area contributed by atoms with Crippen LogP contribution in [0.15, 0.2) is 18.2 Å². The van der Waals surface area contributed by atoms with E-state index in [-0.39, 0.29) is 11.3 Å². The lowest BCUT2D eigenvalue weighted by molar-refractivity contribution is -0.134. The van der Waals surface area contributed by atoms with E-state index in [4.69, 9.17) is 0 Å². The SMILES string of the molecule is CCc1ccc(O)cc1[C@@]12CCN(C(C)=O)C[C@H]1C(C)N(C)CC2. The predicted molar refractivity (Wildman–Crippen MR) is 96.2 cm³/mol. The van der Waals surface area contributed by atoms with E-state index in [0.29, 0.717) is 17.7 Å². The van der Waals surface area contributed by atoms with Gasteiger partial charge in [0, 0.05) is 37.4 Å². The summed E-state index contributed by atoms with van der Waals surface area (Å²) in [5.41, 5.74) is 2.73. The lowest BCUT2D eigenvalue weighted by atomic mass is 9.58. The number of phenols is 1. The fourth-order valence-corrected chi connectivity index (χ4v) is 4.93. The van der Waals surface area contributed by atoms with Crippen molar-refractivity contribution in [3.63, 3.8) is 0 Å². The van der Waals surface area contributed by atoms with Gasteiger partial charge in [-0.2, -0.15) is 0 Å². The van der Waals surface area contributed by atoms with Gasteiger partial charge in [-0.05, 0) is 63.0 Å². The van der Waals surface area contributed by atoms with Crippen molar-refractivity contribution in [1.82, 2.24) is 9.80 Å². The molecule has 0 saturated carbocycles. The van der Waals surface area contributed by atoms with Gasteiger partial charge in [0.2, 0.25) is 5.91 Å². The second-order valence-corrected chi connectivity index (χ2v) is 7.64. The highest BCUT2D eigenvalue weighted by molar-refractivity contribution is 5.73. The molecule has 24 heavy (non-hydrogen) atoms. The largest absolute Gasteiger partial charge is 0.508 e. The summed E-state index contributed by atoms with van der Waals surface area (Å²) in [6, 6.07) is 6.30. The molecule has 0 spiro atoms. The van der Waals surface area contributed by atoms with E-state index in [0.717, 1.165) is 38.9 Å². The van der Waals surface area contributed by atoms with Gasteiger partial charge in [0.15, 0.2) is 0 Å². The van der Waals surface area contributed by atoms with Crippen molar-refractivity contribution in [1.29, 1.82) is 0 Å². The third-order valence-electron chi connectivity index (χ3n) is 6.60. The molecule has 3 atom stereocenters. The smallest absolute Gasteiger partial charge is 0.219 e. The van der Waals surface area contributed by atoms with Gasteiger partial charge in [-0.3, -0.25) is 4.79 Å². The van der Waals surface area contributed by atoms with Crippen LogP contribution in [0.3, 0.4) is 0 Å². The van der Waals surface area contributed by atoms with E-state index in [2.05, 4.69) is 31.9 Å². The molecule has 1 aromatic carbocycles. The number of rotatable bonds is 2. The molecule has 1 N–H and O–H groups in total. The standard InChI is InChI=1S/C20H30N2O2/c1-5-16-6-7-17(24)12-18(16)20-8-10-21(4)14(2)19(20)13-22(11-9-20)15(3)23/h6-7,12,14,19,24H,5,8-11,13H2,1-4H3/t14?,19-,20+/m0/s1. The van der Waals surface area contributed by atoms with Crippen LogP contribution in [0, 0.1) is 5.92 Å². The Balaban J connectivity index is 2.08. The van der Waals surface area contributed by atoms with E-state index >= 15 is 0 Å². The molecular weight excluding hydrogens is 300 g/mol. The fraction of sp³-hybridized carbons (Fsp3) is 0.650. The Morgan fingerprint density at radius 2 is 2.04 bits per heavy atom. The average Bonchev–Trinajstić information content (AvgIpc) is 2.58. The minimum Gasteiger partial charge on any atom is -0.508 e. The number of benzene rings is 1. The molecule has 1 amide bonds. The molecule has 0 radical (unpaired) electrons. The summed E-state index contributed by atoms with van der Waals surface area (Å²) in [5, 5.41) is 10.1. The molecule has 2 aliphatic heterocycles. The Bertz CT molecular complexity index is 630. The van der Waals surface area contributed by atoms with Crippen LogP contribution in [-0.4, -0.2) is 53.5 Å². The van der Waals surface area contributed by atoms with E-state index in [1.807, 2.05) is 11.0 Å². The molecule has 2 saturated heterocycles. The van der Waals surface area contributed by atoms with Crippen molar-refractivity contribution in [3.8, 4) is 5.75 Å². The number of likely N-dealkylation sites (tertiary alicyclic amines) is 2. The van der Waals surface area contributed by atoms with Crippen LogP contribution < -0.4 is 0 Å². The Hall–Kier alpha value is -1.55. The number of hydrogen-bond donors (Lipinski definition) is 1. The van der Waals surface area contributed by atoms with Crippen LogP contribution in [0.2, 0.25) is 0 Å². The molecule has 2 fully saturated rings. The monoisotopic (exact) mass is 330 g/mol. The first-order valence-corrected chi connectivity index (χ1v) is 9.17. The van der Waals surface area contributed by atoms with E-state index < -0.39 is 0 Å². The first-order chi connectivity index (χ1) is 11.4. The number of aryl methyl sites for hydroxylation is 1. The Morgan fingerprint density at radius 1 is 1.33 bits per heavy atom. The molecule has 0 aliphatic carbocycles. The zero-order valence-electron chi connectivity index (χ0n) is 15.4. The van der Waals surface area contributed by atoms with Crippen molar-refractivity contribution in [2.24, 2.45) is 5.92 Å². The second kappa shape index (κ2) is 6.40. The number of carbonyl (C=O) groups excluding carboxylic acids is 1. The Labute approximate surface area is 145 Å². The summed E-state index contributed by atoms with van der Waals surface area (Å²) in [6.07, 6.45) is 3.07. The molecule has 0 aromatic heterocycles. The number of carbonyl (C=O) groups is 1. The highest BCUT2D eigenvalue weighted by Crippen LogP contribution is 2.49. The maximum absolute atomic E-state index is 12.0. The minimum atomic E-state index is 0.0714. The van der Waals surface area contributed by atoms with Crippen LogP contribution in [0.4, 0.5) is 0 Å². The lowest BCUT2D eigenvalue weighted by Gasteiger charge is -2.56. The van der Waals surface area contributed by atoms with Gasteiger partial charge in [-0.25, -0.2) is 0 Å². The number of amides is 1. The molecule has 4 heteroatoms. The normalized spacial score (nSPS) is 30.9. The highest BCUT2D eigenvalue weighted by atomic mass is 16.3. The van der Waals surface area contributed by atoms with Crippen LogP contribution >= 0.6 is 0 Å². The predicted octanol–water partition coefficient (Wildman–Crippen LogP) is 2.78. The number of nitrogens with zero attached hydrogens (tertiary/aromatic N) is 2. The molecule has 1 aromatic rings. The third-order valence-corrected chi connectivity index (χ3v) is 6.60. The quantitative estimate of drug-likeness (QED) is 0.907. The van der Waals surface area contributed by atoms with E-state index in [9.17, 15) is 9.90 Å². The number of phenolic OH excluding ortho intramolecular Hbond substituents is 1. The Morgan fingerprint density at radius 3 is 2.71 bits per heavy atom. The molecule has 0 bridgehead atoms. The second-order valence-electron chi connectivity index (χ2n) is 7.64. The van der Waals surface area contributed by atoms with Gasteiger partial charge in [-0.15, -0.1) is 0 Å². The molecule has 132 valence electrons. The Kier molecular flexibility index (Phi) is 4.60. The first-order valence-electron chi connectivity index (χ1n) is 9.17. The van der Waals surface area contributed by atoms with Crippen molar-refractivity contribution < 1.29 is 9.90 Å². The van der Waals surface area contributed by atoms with Gasteiger partial charge in [0.1, 0.15) is 5.75 Å². The van der Waals surface area contributed by atoms with E-state index in [1.54, 1.807) is 13.0 Å². The fourth-order valence-electron chi connectivity index (χ4n) is 4.93. The van der Waals surface area contributed by atoms with Crippen LogP contribution in [-0.2, 0) is 16.6 Å². The molecule has 1 unspecified atom stereocenters. The van der Waals surface area contributed by atoms with Gasteiger partial charge in [0.05, 0.1) is 0 Å². The van der Waals surface area contributed by atoms with Crippen molar-refractivity contribution >= 4 is 5.91 Å².